The van der Waals surface area contributed by atoms with Crippen LogP contribution in [0.4, 0.5) is 0 Å². The van der Waals surface area contributed by atoms with Gasteiger partial charge in [-0.2, -0.15) is 0 Å². The van der Waals surface area contributed by atoms with E-state index in [4.69, 9.17) is 10.8 Å². The van der Waals surface area contributed by atoms with Crippen LogP contribution in [0.2, 0.25) is 0 Å². The Morgan fingerprint density at radius 1 is 0.760 bits per heavy atom. The summed E-state index contributed by atoms with van der Waals surface area (Å²) in [6.45, 7) is 2.66. The average molecular weight is 357 g/mol. The van der Waals surface area contributed by atoms with Gasteiger partial charge in [0.25, 0.3) is 0 Å². The van der Waals surface area contributed by atoms with E-state index in [2.05, 4.69) is 12.2 Å². The third-order valence-electron chi connectivity index (χ3n) is 4.86. The normalized spacial score (nSPS) is 12.3. The molecule has 1 amide bonds. The molecule has 4 heteroatoms. The van der Waals surface area contributed by atoms with E-state index in [-0.39, 0.29) is 12.5 Å². The molecule has 150 valence electrons. The molecule has 0 aliphatic heterocycles. The van der Waals surface area contributed by atoms with Crippen LogP contribution in [-0.2, 0) is 4.79 Å². The van der Waals surface area contributed by atoms with Crippen molar-refractivity contribution in [3.05, 3.63) is 0 Å². The Kier molecular flexibility index (Phi) is 19.2. The second kappa shape index (κ2) is 19.7. The molecule has 0 saturated heterocycles. The largest absolute Gasteiger partial charge is 0.394 e. The highest BCUT2D eigenvalue weighted by atomic mass is 16.3. The summed E-state index contributed by atoms with van der Waals surface area (Å²) in [5, 5.41) is 11.5. The predicted molar refractivity (Wildman–Crippen MR) is 108 cm³/mol. The van der Waals surface area contributed by atoms with Gasteiger partial charge in [-0.1, -0.05) is 103 Å². The number of aliphatic hydroxyl groups is 1. The Morgan fingerprint density at radius 3 is 1.48 bits per heavy atom. The van der Waals surface area contributed by atoms with E-state index in [0.29, 0.717) is 6.54 Å². The number of aliphatic hydroxyl groups excluding tert-OH is 1. The van der Waals surface area contributed by atoms with Gasteiger partial charge in [0.15, 0.2) is 0 Å². The lowest BCUT2D eigenvalue weighted by molar-refractivity contribution is -0.123. The van der Waals surface area contributed by atoms with Crippen LogP contribution in [0.15, 0.2) is 0 Å². The second-order valence-corrected chi connectivity index (χ2v) is 7.38. The van der Waals surface area contributed by atoms with Crippen molar-refractivity contribution in [3.8, 4) is 0 Å². The summed E-state index contributed by atoms with van der Waals surface area (Å²) >= 11 is 0. The van der Waals surface area contributed by atoms with Gasteiger partial charge in [-0.15, -0.1) is 0 Å². The lowest BCUT2D eigenvalue weighted by atomic mass is 10.0. The molecule has 0 saturated carbocycles. The van der Waals surface area contributed by atoms with Crippen molar-refractivity contribution >= 4 is 5.91 Å². The Labute approximate surface area is 156 Å². The molecule has 0 aromatic heterocycles. The van der Waals surface area contributed by atoms with Gasteiger partial charge in [0.05, 0.1) is 6.61 Å². The van der Waals surface area contributed by atoms with Crippen molar-refractivity contribution in [2.24, 2.45) is 5.73 Å². The van der Waals surface area contributed by atoms with Gasteiger partial charge in [0.2, 0.25) is 5.91 Å². The standard InChI is InChI=1S/C21H44N2O2/c1-2-3-4-5-6-7-8-9-10-11-12-13-14-15-16-17-18-23-21(25)20(22)19-24/h20,24H,2-19,22H2,1H3,(H,23,25)/t20-/m1/s1. The predicted octanol–water partition coefficient (Wildman–Crippen LogP) is 4.68. The van der Waals surface area contributed by atoms with E-state index < -0.39 is 6.04 Å². The highest BCUT2D eigenvalue weighted by Gasteiger charge is 2.10. The summed E-state index contributed by atoms with van der Waals surface area (Å²) < 4.78 is 0. The maximum Gasteiger partial charge on any atom is 0.239 e. The zero-order valence-corrected chi connectivity index (χ0v) is 16.7. The average Bonchev–Trinajstić information content (AvgIpc) is 2.63. The van der Waals surface area contributed by atoms with Crippen molar-refractivity contribution in [2.45, 2.75) is 116 Å². The SMILES string of the molecule is CCCCCCCCCCCCCCCCCCNC(=O)[C@H](N)CO. The third-order valence-corrected chi connectivity index (χ3v) is 4.86. The molecule has 0 spiro atoms. The molecule has 4 N–H and O–H groups in total. The van der Waals surface area contributed by atoms with Crippen molar-refractivity contribution in [3.63, 3.8) is 0 Å². The van der Waals surface area contributed by atoms with Crippen LogP contribution < -0.4 is 11.1 Å². The topological polar surface area (TPSA) is 75.4 Å². The second-order valence-electron chi connectivity index (χ2n) is 7.38. The van der Waals surface area contributed by atoms with E-state index in [0.717, 1.165) is 12.8 Å². The van der Waals surface area contributed by atoms with Crippen molar-refractivity contribution in [1.82, 2.24) is 5.32 Å². The van der Waals surface area contributed by atoms with Gasteiger partial charge < -0.3 is 16.2 Å². The summed E-state index contributed by atoms with van der Waals surface area (Å²) in [4.78, 5) is 11.3. The molecule has 0 fully saturated rings. The number of rotatable bonds is 19. The molecule has 0 aromatic rings. The number of nitrogens with two attached hydrogens (primary N) is 1. The first-order valence-corrected chi connectivity index (χ1v) is 10.9. The van der Waals surface area contributed by atoms with Crippen molar-refractivity contribution in [1.29, 1.82) is 0 Å². The van der Waals surface area contributed by atoms with Crippen LogP contribution in [0, 0.1) is 0 Å². The van der Waals surface area contributed by atoms with Gasteiger partial charge in [0.1, 0.15) is 6.04 Å². The highest BCUT2D eigenvalue weighted by Crippen LogP contribution is 2.13. The van der Waals surface area contributed by atoms with Gasteiger partial charge in [-0.25, -0.2) is 0 Å². The first-order valence-electron chi connectivity index (χ1n) is 10.9. The molecule has 0 radical (unpaired) electrons. The number of hydrogen-bond acceptors (Lipinski definition) is 3. The summed E-state index contributed by atoms with van der Waals surface area (Å²) in [5.41, 5.74) is 5.43. The minimum absolute atomic E-state index is 0.247. The van der Waals surface area contributed by atoms with E-state index in [9.17, 15) is 4.79 Å². The number of amides is 1. The molecule has 4 nitrogen and oxygen atoms in total. The Bertz CT molecular complexity index is 285. The van der Waals surface area contributed by atoms with Crippen LogP contribution in [0.25, 0.3) is 0 Å². The maximum atomic E-state index is 11.3. The molecule has 1 atom stereocenters. The molecular weight excluding hydrogens is 312 g/mol. The zero-order valence-electron chi connectivity index (χ0n) is 16.7. The van der Waals surface area contributed by atoms with Crippen molar-refractivity contribution < 1.29 is 9.90 Å². The van der Waals surface area contributed by atoms with Crippen LogP contribution in [0.5, 0.6) is 0 Å². The first-order chi connectivity index (χ1) is 12.2. The third kappa shape index (κ3) is 18.0. The van der Waals surface area contributed by atoms with E-state index in [1.165, 1.54) is 89.9 Å². The fourth-order valence-corrected chi connectivity index (χ4v) is 3.10. The lowest BCUT2D eigenvalue weighted by Gasteiger charge is -2.09. The molecule has 0 bridgehead atoms. The first kappa shape index (κ1) is 24.4. The summed E-state index contributed by atoms with van der Waals surface area (Å²) in [7, 11) is 0. The number of unbranched alkanes of at least 4 members (excludes halogenated alkanes) is 15. The minimum atomic E-state index is -0.777. The van der Waals surface area contributed by atoms with Gasteiger partial charge >= 0.3 is 0 Å². The van der Waals surface area contributed by atoms with Crippen molar-refractivity contribution in [2.75, 3.05) is 13.2 Å². The molecule has 25 heavy (non-hydrogen) atoms. The number of hydrogen-bond donors (Lipinski definition) is 3. The fourth-order valence-electron chi connectivity index (χ4n) is 3.10. The molecule has 0 heterocycles. The van der Waals surface area contributed by atoms with Gasteiger partial charge in [-0.3, -0.25) is 4.79 Å². The molecular formula is C21H44N2O2. The molecule has 0 aliphatic carbocycles. The maximum absolute atomic E-state index is 11.3. The van der Waals surface area contributed by atoms with Gasteiger partial charge in [-0.05, 0) is 6.42 Å². The Morgan fingerprint density at radius 2 is 1.12 bits per heavy atom. The van der Waals surface area contributed by atoms with Crippen LogP contribution in [-0.4, -0.2) is 30.2 Å². The van der Waals surface area contributed by atoms with E-state index in [1.54, 1.807) is 0 Å². The zero-order chi connectivity index (χ0) is 18.6. The fraction of sp³-hybridized carbons (Fsp3) is 0.952. The molecule has 0 unspecified atom stereocenters. The van der Waals surface area contributed by atoms with E-state index in [1.807, 2.05) is 0 Å². The number of carbonyl (C=O) groups excluding carboxylic acids is 1. The van der Waals surface area contributed by atoms with Crippen LogP contribution in [0.3, 0.4) is 0 Å². The van der Waals surface area contributed by atoms with Gasteiger partial charge in [0, 0.05) is 6.54 Å². The number of carbonyl (C=O) groups is 1. The van der Waals surface area contributed by atoms with Crippen LogP contribution in [0.1, 0.15) is 110 Å². The minimum Gasteiger partial charge on any atom is -0.394 e. The monoisotopic (exact) mass is 356 g/mol. The highest BCUT2D eigenvalue weighted by molar-refractivity contribution is 5.81. The summed E-state index contributed by atoms with van der Waals surface area (Å²) in [6.07, 6.45) is 21.6. The number of nitrogens with one attached hydrogen (secondary N) is 1. The summed E-state index contributed by atoms with van der Waals surface area (Å²) in [6, 6.07) is -0.777. The molecule has 0 aromatic carbocycles. The molecule has 0 aliphatic rings. The quantitative estimate of drug-likeness (QED) is 0.294. The lowest BCUT2D eigenvalue weighted by Crippen LogP contribution is -2.43. The van der Waals surface area contributed by atoms with E-state index >= 15 is 0 Å². The van der Waals surface area contributed by atoms with Crippen LogP contribution >= 0.6 is 0 Å². The Balaban J connectivity index is 3.08. The Hall–Kier alpha value is -0.610. The molecule has 0 rings (SSSR count). The summed E-state index contributed by atoms with van der Waals surface area (Å²) in [5.74, 6) is -0.247. The smallest absolute Gasteiger partial charge is 0.239 e.